The second kappa shape index (κ2) is 6.70. The zero-order valence-electron chi connectivity index (χ0n) is 11.6. The van der Waals surface area contributed by atoms with E-state index in [4.69, 9.17) is 9.84 Å². The van der Waals surface area contributed by atoms with Crippen LogP contribution in [0.4, 0.5) is 4.39 Å². The van der Waals surface area contributed by atoms with Gasteiger partial charge in [0.2, 0.25) is 0 Å². The third-order valence-electron chi connectivity index (χ3n) is 3.57. The number of aliphatic hydroxyl groups is 1. The molecule has 1 saturated heterocycles. The highest BCUT2D eigenvalue weighted by Gasteiger charge is 2.23. The van der Waals surface area contributed by atoms with Crippen LogP contribution in [0.1, 0.15) is 18.4 Å². The van der Waals surface area contributed by atoms with E-state index in [0.29, 0.717) is 13.1 Å². The number of piperidine rings is 1. The van der Waals surface area contributed by atoms with E-state index in [2.05, 4.69) is 0 Å². The first-order valence-corrected chi connectivity index (χ1v) is 6.87. The largest absolute Gasteiger partial charge is 0.481 e. The molecule has 0 spiro atoms. The normalized spacial score (nSPS) is 18.9. The SMILES string of the molecule is Cc1ccc(F)c(OCC(=O)N2CCCC(CO)C2)c1. The molecule has 4 nitrogen and oxygen atoms in total. The molecule has 1 aliphatic rings. The number of hydrogen-bond donors (Lipinski definition) is 1. The Bertz CT molecular complexity index is 478. The van der Waals surface area contributed by atoms with Gasteiger partial charge in [0.05, 0.1) is 0 Å². The molecule has 5 heteroatoms. The molecule has 1 atom stereocenters. The zero-order valence-corrected chi connectivity index (χ0v) is 11.6. The number of nitrogens with zero attached hydrogens (tertiary/aromatic N) is 1. The number of benzene rings is 1. The maximum absolute atomic E-state index is 13.5. The predicted molar refractivity (Wildman–Crippen MR) is 73.0 cm³/mol. The summed E-state index contributed by atoms with van der Waals surface area (Å²) in [6, 6.07) is 4.56. The molecule has 110 valence electrons. The Morgan fingerprint density at radius 2 is 2.35 bits per heavy atom. The maximum atomic E-state index is 13.5. The summed E-state index contributed by atoms with van der Waals surface area (Å²) >= 11 is 0. The Morgan fingerprint density at radius 3 is 3.10 bits per heavy atom. The molecule has 1 amide bonds. The quantitative estimate of drug-likeness (QED) is 0.914. The van der Waals surface area contributed by atoms with Gasteiger partial charge in [0.15, 0.2) is 18.2 Å². The number of rotatable bonds is 4. The number of likely N-dealkylation sites (tertiary alicyclic amines) is 1. The van der Waals surface area contributed by atoms with Crippen molar-refractivity contribution >= 4 is 5.91 Å². The lowest BCUT2D eigenvalue weighted by atomic mass is 9.99. The standard InChI is InChI=1S/C15H20FNO3/c1-11-4-5-13(16)14(7-11)20-10-15(19)17-6-2-3-12(8-17)9-18/h4-5,7,12,18H,2-3,6,8-10H2,1H3. The predicted octanol–water partition coefficient (Wildman–Crippen LogP) is 1.74. The Morgan fingerprint density at radius 1 is 1.55 bits per heavy atom. The van der Waals surface area contributed by atoms with E-state index >= 15 is 0 Å². The number of ether oxygens (including phenoxy) is 1. The Kier molecular flexibility index (Phi) is 4.95. The van der Waals surface area contributed by atoms with Crippen LogP contribution in [-0.4, -0.2) is 42.2 Å². The van der Waals surface area contributed by atoms with Gasteiger partial charge in [-0.3, -0.25) is 4.79 Å². The van der Waals surface area contributed by atoms with Crippen molar-refractivity contribution in [2.45, 2.75) is 19.8 Å². The first kappa shape index (κ1) is 14.8. The van der Waals surface area contributed by atoms with E-state index in [-0.39, 0.29) is 30.8 Å². The summed E-state index contributed by atoms with van der Waals surface area (Å²) in [6.07, 6.45) is 1.82. The van der Waals surface area contributed by atoms with Gasteiger partial charge in [0, 0.05) is 19.7 Å². The molecule has 1 fully saturated rings. The summed E-state index contributed by atoms with van der Waals surface area (Å²) < 4.78 is 18.8. The summed E-state index contributed by atoms with van der Waals surface area (Å²) in [5.74, 6) is -0.378. The van der Waals surface area contributed by atoms with Crippen molar-refractivity contribution in [3.05, 3.63) is 29.6 Å². The second-order valence-corrected chi connectivity index (χ2v) is 5.25. The van der Waals surface area contributed by atoms with Crippen LogP contribution in [0.25, 0.3) is 0 Å². The van der Waals surface area contributed by atoms with Crippen molar-refractivity contribution in [3.63, 3.8) is 0 Å². The van der Waals surface area contributed by atoms with E-state index < -0.39 is 5.82 Å². The van der Waals surface area contributed by atoms with Gasteiger partial charge in [-0.2, -0.15) is 0 Å². The third kappa shape index (κ3) is 3.70. The number of aryl methyl sites for hydroxylation is 1. The van der Waals surface area contributed by atoms with Crippen molar-refractivity contribution in [2.75, 3.05) is 26.3 Å². The van der Waals surface area contributed by atoms with Crippen molar-refractivity contribution in [1.82, 2.24) is 4.90 Å². The molecule has 0 bridgehead atoms. The Hall–Kier alpha value is -1.62. The maximum Gasteiger partial charge on any atom is 0.260 e. The lowest BCUT2D eigenvalue weighted by molar-refractivity contribution is -0.135. The number of aliphatic hydroxyl groups excluding tert-OH is 1. The monoisotopic (exact) mass is 281 g/mol. The van der Waals surface area contributed by atoms with Gasteiger partial charge in [-0.05, 0) is 43.4 Å². The Balaban J connectivity index is 1.90. The minimum atomic E-state index is -0.463. The summed E-state index contributed by atoms with van der Waals surface area (Å²) in [5.41, 5.74) is 0.882. The molecule has 0 radical (unpaired) electrons. The number of carbonyl (C=O) groups excluding carboxylic acids is 1. The highest BCUT2D eigenvalue weighted by Crippen LogP contribution is 2.19. The van der Waals surface area contributed by atoms with Gasteiger partial charge < -0.3 is 14.7 Å². The van der Waals surface area contributed by atoms with Gasteiger partial charge in [-0.1, -0.05) is 6.07 Å². The molecule has 0 aromatic heterocycles. The molecule has 1 aliphatic heterocycles. The number of carbonyl (C=O) groups is 1. The molecule has 1 aromatic rings. The fourth-order valence-corrected chi connectivity index (χ4v) is 2.39. The van der Waals surface area contributed by atoms with Gasteiger partial charge in [0.1, 0.15) is 0 Å². The number of hydrogen-bond acceptors (Lipinski definition) is 3. The highest BCUT2D eigenvalue weighted by atomic mass is 19.1. The van der Waals surface area contributed by atoms with Gasteiger partial charge in [-0.25, -0.2) is 4.39 Å². The van der Waals surface area contributed by atoms with Gasteiger partial charge in [-0.15, -0.1) is 0 Å². The molecule has 2 rings (SSSR count). The average Bonchev–Trinajstić information content (AvgIpc) is 2.48. The summed E-state index contributed by atoms with van der Waals surface area (Å²) in [5, 5.41) is 9.15. The summed E-state index contributed by atoms with van der Waals surface area (Å²) in [6.45, 7) is 2.99. The molecule has 20 heavy (non-hydrogen) atoms. The molecule has 1 N–H and O–H groups in total. The van der Waals surface area contributed by atoms with Crippen molar-refractivity contribution in [3.8, 4) is 5.75 Å². The molecule has 0 saturated carbocycles. The molecular weight excluding hydrogens is 261 g/mol. The fraction of sp³-hybridized carbons (Fsp3) is 0.533. The highest BCUT2D eigenvalue weighted by molar-refractivity contribution is 5.77. The summed E-state index contributed by atoms with van der Waals surface area (Å²) in [7, 11) is 0. The smallest absolute Gasteiger partial charge is 0.260 e. The first-order valence-electron chi connectivity index (χ1n) is 6.87. The molecule has 1 aromatic carbocycles. The Labute approximate surface area is 118 Å². The van der Waals surface area contributed by atoms with Crippen LogP contribution in [0.2, 0.25) is 0 Å². The average molecular weight is 281 g/mol. The molecule has 1 heterocycles. The van der Waals surface area contributed by atoms with Crippen LogP contribution in [0, 0.1) is 18.7 Å². The molecule has 0 aliphatic carbocycles. The van der Waals surface area contributed by atoms with E-state index in [0.717, 1.165) is 18.4 Å². The van der Waals surface area contributed by atoms with Crippen LogP contribution in [0.3, 0.4) is 0 Å². The van der Waals surface area contributed by atoms with Crippen LogP contribution < -0.4 is 4.74 Å². The van der Waals surface area contributed by atoms with Crippen LogP contribution >= 0.6 is 0 Å². The van der Waals surface area contributed by atoms with E-state index in [1.165, 1.54) is 6.07 Å². The minimum absolute atomic E-state index is 0.0944. The van der Waals surface area contributed by atoms with Gasteiger partial charge in [0.25, 0.3) is 5.91 Å². The number of halogens is 1. The topological polar surface area (TPSA) is 49.8 Å². The first-order chi connectivity index (χ1) is 9.60. The van der Waals surface area contributed by atoms with Crippen molar-refractivity contribution in [2.24, 2.45) is 5.92 Å². The van der Waals surface area contributed by atoms with E-state index in [1.807, 2.05) is 6.92 Å². The molecular formula is C15H20FNO3. The molecule has 1 unspecified atom stereocenters. The van der Waals surface area contributed by atoms with Crippen LogP contribution in [0.15, 0.2) is 18.2 Å². The second-order valence-electron chi connectivity index (χ2n) is 5.25. The van der Waals surface area contributed by atoms with Crippen LogP contribution in [-0.2, 0) is 4.79 Å². The number of amides is 1. The van der Waals surface area contributed by atoms with E-state index in [9.17, 15) is 9.18 Å². The van der Waals surface area contributed by atoms with Gasteiger partial charge >= 0.3 is 0 Å². The van der Waals surface area contributed by atoms with Crippen molar-refractivity contribution < 1.29 is 19.0 Å². The minimum Gasteiger partial charge on any atom is -0.481 e. The zero-order chi connectivity index (χ0) is 14.5. The third-order valence-corrected chi connectivity index (χ3v) is 3.57. The lowest BCUT2D eigenvalue weighted by Crippen LogP contribution is -2.43. The summed E-state index contributed by atoms with van der Waals surface area (Å²) in [4.78, 5) is 13.7. The fourth-order valence-electron chi connectivity index (χ4n) is 2.39. The van der Waals surface area contributed by atoms with Crippen molar-refractivity contribution in [1.29, 1.82) is 0 Å². The van der Waals surface area contributed by atoms with E-state index in [1.54, 1.807) is 17.0 Å². The lowest BCUT2D eigenvalue weighted by Gasteiger charge is -2.31. The van der Waals surface area contributed by atoms with Crippen LogP contribution in [0.5, 0.6) is 5.75 Å².